The fraction of sp³-hybridized carbons (Fsp3) is 0.435. The van der Waals surface area contributed by atoms with Crippen LogP contribution in [0, 0.1) is 6.92 Å². The van der Waals surface area contributed by atoms with Crippen LogP contribution < -0.4 is 14.8 Å². The number of aliphatic hydroxyl groups is 1. The third-order valence-electron chi connectivity index (χ3n) is 5.01. The predicted octanol–water partition coefficient (Wildman–Crippen LogP) is 3.84. The van der Waals surface area contributed by atoms with Crippen LogP contribution in [0.25, 0.3) is 10.9 Å². The number of nitrogens with zero attached hydrogens (tertiary/aromatic N) is 3. The zero-order valence-corrected chi connectivity index (χ0v) is 19.3. The van der Waals surface area contributed by atoms with Crippen molar-refractivity contribution in [2.75, 3.05) is 32.8 Å². The number of nitrogens with one attached hydrogen (secondary N) is 1. The average Bonchev–Trinajstić information content (AvgIpc) is 2.76. The molecule has 1 aromatic carbocycles. The zero-order chi connectivity index (χ0) is 24.2. The Balaban J connectivity index is 1.91. The predicted molar refractivity (Wildman–Crippen MR) is 120 cm³/mol. The second-order valence-electron chi connectivity index (χ2n) is 8.02. The van der Waals surface area contributed by atoms with Gasteiger partial charge in [0.2, 0.25) is 0 Å². The first-order valence-corrected chi connectivity index (χ1v) is 10.3. The molecule has 0 amide bonds. The van der Waals surface area contributed by atoms with Crippen LogP contribution in [0.1, 0.15) is 30.9 Å². The molecule has 2 heterocycles. The van der Waals surface area contributed by atoms with Crippen LogP contribution in [0.2, 0.25) is 0 Å². The van der Waals surface area contributed by atoms with E-state index in [-0.39, 0.29) is 6.54 Å². The number of fused-ring (bicyclic) bond motifs is 1. The molecule has 0 atom stereocenters. The van der Waals surface area contributed by atoms with Gasteiger partial charge in [-0.05, 0) is 44.5 Å². The van der Waals surface area contributed by atoms with Gasteiger partial charge in [0.1, 0.15) is 29.5 Å². The Hall–Kier alpha value is -3.11. The van der Waals surface area contributed by atoms with Crippen molar-refractivity contribution in [1.29, 1.82) is 0 Å². The Kier molecular flexibility index (Phi) is 7.28. The van der Waals surface area contributed by atoms with Crippen LogP contribution in [0.3, 0.4) is 0 Å². The van der Waals surface area contributed by atoms with Gasteiger partial charge in [-0.2, -0.15) is 8.78 Å². The summed E-state index contributed by atoms with van der Waals surface area (Å²) in [5, 5.41) is 13.7. The molecule has 0 saturated carbocycles. The van der Waals surface area contributed by atoms with Crippen molar-refractivity contribution in [2.24, 2.45) is 0 Å². The minimum absolute atomic E-state index is 0.203. The topological polar surface area (TPSA) is 98.6 Å². The molecule has 3 rings (SSSR count). The van der Waals surface area contributed by atoms with Gasteiger partial charge in [-0.3, -0.25) is 4.98 Å². The lowest BCUT2D eigenvalue weighted by Gasteiger charge is -2.28. The number of alkyl halides is 2. The zero-order valence-electron chi connectivity index (χ0n) is 19.3. The third-order valence-corrected chi connectivity index (χ3v) is 5.01. The lowest BCUT2D eigenvalue weighted by Crippen LogP contribution is -2.40. The van der Waals surface area contributed by atoms with Gasteiger partial charge in [0.05, 0.1) is 19.2 Å². The molecule has 8 nitrogen and oxygen atoms in total. The van der Waals surface area contributed by atoms with Crippen LogP contribution in [0.15, 0.2) is 30.5 Å². The van der Waals surface area contributed by atoms with E-state index in [1.54, 1.807) is 39.3 Å². The maximum absolute atomic E-state index is 14.5. The van der Waals surface area contributed by atoms with E-state index < -0.39 is 17.2 Å². The fourth-order valence-corrected chi connectivity index (χ4v) is 3.15. The molecule has 33 heavy (non-hydrogen) atoms. The highest BCUT2D eigenvalue weighted by atomic mass is 19.3. The molecule has 178 valence electrons. The monoisotopic (exact) mass is 462 g/mol. The van der Waals surface area contributed by atoms with Crippen molar-refractivity contribution in [2.45, 2.75) is 38.8 Å². The van der Waals surface area contributed by atoms with Gasteiger partial charge in [-0.15, -0.1) is 0 Å². The number of hydrogen-bond acceptors (Lipinski definition) is 8. The number of anilines is 1. The standard InChI is InChI=1S/C23H28F2N4O4/c1-14-28-17-12-18(32-5)19(33-9-8-31-4)11-16(17)21(29-14)27-13-15-6-7-26-20(10-15)23(24,25)22(2,3)30/h6-7,10-12,30H,8-9,13H2,1-5H3,(H,27,28,29). The Bertz CT molecular complexity index is 1120. The molecule has 0 radical (unpaired) electrons. The van der Waals surface area contributed by atoms with Crippen LogP contribution >= 0.6 is 0 Å². The van der Waals surface area contributed by atoms with Crippen molar-refractivity contribution in [3.63, 3.8) is 0 Å². The summed E-state index contributed by atoms with van der Waals surface area (Å²) in [7, 11) is 3.13. The highest BCUT2D eigenvalue weighted by Gasteiger charge is 2.48. The molecular weight excluding hydrogens is 434 g/mol. The first kappa shape index (κ1) is 24.5. The van der Waals surface area contributed by atoms with Crippen molar-refractivity contribution >= 4 is 16.7 Å². The summed E-state index contributed by atoms with van der Waals surface area (Å²) in [6, 6.07) is 6.41. The van der Waals surface area contributed by atoms with Crippen molar-refractivity contribution in [3.8, 4) is 11.5 Å². The van der Waals surface area contributed by atoms with E-state index in [9.17, 15) is 13.9 Å². The maximum atomic E-state index is 14.5. The molecule has 0 bridgehead atoms. The largest absolute Gasteiger partial charge is 0.493 e. The second-order valence-corrected chi connectivity index (χ2v) is 8.02. The number of benzene rings is 1. The molecule has 0 fully saturated rings. The smallest absolute Gasteiger partial charge is 0.317 e. The lowest BCUT2D eigenvalue weighted by molar-refractivity contribution is -0.171. The summed E-state index contributed by atoms with van der Waals surface area (Å²) in [5.74, 6) is -1.43. The normalized spacial score (nSPS) is 12.1. The quantitative estimate of drug-likeness (QED) is 0.439. The van der Waals surface area contributed by atoms with E-state index in [4.69, 9.17) is 14.2 Å². The average molecular weight is 462 g/mol. The molecule has 2 aromatic heterocycles. The van der Waals surface area contributed by atoms with E-state index in [1.807, 2.05) is 0 Å². The number of aryl methyl sites for hydroxylation is 1. The van der Waals surface area contributed by atoms with E-state index in [1.165, 1.54) is 12.3 Å². The Morgan fingerprint density at radius 3 is 2.48 bits per heavy atom. The van der Waals surface area contributed by atoms with E-state index >= 15 is 0 Å². The number of halogens is 2. The summed E-state index contributed by atoms with van der Waals surface area (Å²) in [6.07, 6.45) is 1.29. The fourth-order valence-electron chi connectivity index (χ4n) is 3.15. The first-order chi connectivity index (χ1) is 15.6. The molecule has 0 aliphatic carbocycles. The van der Waals surface area contributed by atoms with Crippen LogP contribution in [-0.2, 0) is 17.2 Å². The van der Waals surface area contributed by atoms with E-state index in [0.29, 0.717) is 52.8 Å². The van der Waals surface area contributed by atoms with Gasteiger partial charge >= 0.3 is 5.92 Å². The summed E-state index contributed by atoms with van der Waals surface area (Å²) in [4.78, 5) is 12.7. The van der Waals surface area contributed by atoms with Crippen molar-refractivity contribution in [1.82, 2.24) is 15.0 Å². The van der Waals surface area contributed by atoms with Gasteiger partial charge in [0, 0.05) is 31.3 Å². The molecule has 0 aliphatic rings. The summed E-state index contributed by atoms with van der Waals surface area (Å²) >= 11 is 0. The molecule has 10 heteroatoms. The van der Waals surface area contributed by atoms with Gasteiger partial charge in [-0.1, -0.05) is 0 Å². The van der Waals surface area contributed by atoms with Gasteiger partial charge in [0.15, 0.2) is 11.5 Å². The van der Waals surface area contributed by atoms with Crippen LogP contribution in [-0.4, -0.2) is 53.1 Å². The number of pyridine rings is 1. The number of methoxy groups -OCH3 is 2. The Labute approximate surface area is 190 Å². The second kappa shape index (κ2) is 9.80. The van der Waals surface area contributed by atoms with Gasteiger partial charge < -0.3 is 24.6 Å². The minimum Gasteiger partial charge on any atom is -0.493 e. The number of rotatable bonds is 10. The highest BCUT2D eigenvalue weighted by Crippen LogP contribution is 2.38. The Morgan fingerprint density at radius 1 is 1.06 bits per heavy atom. The molecule has 0 saturated heterocycles. The molecule has 0 spiro atoms. The Morgan fingerprint density at radius 2 is 1.82 bits per heavy atom. The maximum Gasteiger partial charge on any atom is 0.317 e. The van der Waals surface area contributed by atoms with Gasteiger partial charge in [0.25, 0.3) is 0 Å². The number of ether oxygens (including phenoxy) is 3. The molecular formula is C23H28F2N4O4. The first-order valence-electron chi connectivity index (χ1n) is 10.3. The molecule has 0 aliphatic heterocycles. The SMILES string of the molecule is COCCOc1cc2c(NCc3ccnc(C(F)(F)C(C)(C)O)c3)nc(C)nc2cc1OC. The molecule has 3 aromatic rings. The number of hydrogen-bond donors (Lipinski definition) is 2. The van der Waals surface area contributed by atoms with E-state index in [0.717, 1.165) is 13.8 Å². The van der Waals surface area contributed by atoms with Crippen molar-refractivity contribution < 1.29 is 28.1 Å². The van der Waals surface area contributed by atoms with E-state index in [2.05, 4.69) is 20.3 Å². The third kappa shape index (κ3) is 5.45. The molecule has 2 N–H and O–H groups in total. The van der Waals surface area contributed by atoms with Crippen molar-refractivity contribution in [3.05, 3.63) is 47.5 Å². The summed E-state index contributed by atoms with van der Waals surface area (Å²) in [6.45, 7) is 4.81. The summed E-state index contributed by atoms with van der Waals surface area (Å²) < 4.78 is 45.3. The highest BCUT2D eigenvalue weighted by molar-refractivity contribution is 5.91. The molecule has 0 unspecified atom stereocenters. The minimum atomic E-state index is -3.51. The summed E-state index contributed by atoms with van der Waals surface area (Å²) in [5.41, 5.74) is -1.55. The van der Waals surface area contributed by atoms with Crippen LogP contribution in [0.4, 0.5) is 14.6 Å². The van der Waals surface area contributed by atoms with Crippen LogP contribution in [0.5, 0.6) is 11.5 Å². The number of aromatic nitrogens is 3. The van der Waals surface area contributed by atoms with Gasteiger partial charge in [-0.25, -0.2) is 9.97 Å². The lowest BCUT2D eigenvalue weighted by atomic mass is 9.96.